The lowest BCUT2D eigenvalue weighted by molar-refractivity contribution is 0.263. The molecule has 0 bridgehead atoms. The van der Waals surface area contributed by atoms with Gasteiger partial charge in [0, 0.05) is 31.9 Å². The minimum absolute atomic E-state index is 0.170. The molecule has 1 aliphatic rings. The van der Waals surface area contributed by atoms with Gasteiger partial charge in [-0.25, -0.2) is 13.4 Å². The molecule has 0 unspecified atom stereocenters. The molecule has 0 aromatic carbocycles. The van der Waals surface area contributed by atoms with Crippen molar-refractivity contribution in [2.24, 2.45) is 5.92 Å². The minimum atomic E-state index is -3.43. The number of imidazole rings is 1. The third-order valence-electron chi connectivity index (χ3n) is 3.97. The van der Waals surface area contributed by atoms with Crippen molar-refractivity contribution in [3.05, 3.63) is 12.5 Å². The highest BCUT2D eigenvalue weighted by Crippen LogP contribution is 2.22. The Hall–Kier alpha value is -0.920. The number of nitrogens with one attached hydrogen (secondary N) is 1. The smallest absolute Gasteiger partial charge is 0.262 e. The van der Waals surface area contributed by atoms with Gasteiger partial charge in [-0.1, -0.05) is 13.8 Å². The summed E-state index contributed by atoms with van der Waals surface area (Å²) >= 11 is 0. The van der Waals surface area contributed by atoms with Crippen molar-refractivity contribution < 1.29 is 8.42 Å². The van der Waals surface area contributed by atoms with Crippen molar-refractivity contribution in [3.63, 3.8) is 0 Å². The van der Waals surface area contributed by atoms with Gasteiger partial charge in [-0.3, -0.25) is 0 Å². The van der Waals surface area contributed by atoms with Crippen molar-refractivity contribution in [2.75, 3.05) is 19.6 Å². The molecule has 2 heterocycles. The first-order valence-corrected chi connectivity index (χ1v) is 9.12. The van der Waals surface area contributed by atoms with Crippen LogP contribution in [0.25, 0.3) is 0 Å². The Kier molecular flexibility index (Phi) is 5.40. The van der Waals surface area contributed by atoms with E-state index in [4.69, 9.17) is 0 Å². The van der Waals surface area contributed by atoms with Gasteiger partial charge in [0.25, 0.3) is 10.0 Å². The lowest BCUT2D eigenvalue weighted by Crippen LogP contribution is -2.41. The second-order valence-electron chi connectivity index (χ2n) is 5.95. The highest BCUT2D eigenvalue weighted by Gasteiger charge is 2.30. The summed E-state index contributed by atoms with van der Waals surface area (Å²) in [5.41, 5.74) is 0. The lowest BCUT2D eigenvalue weighted by atomic mass is 9.98. The lowest BCUT2D eigenvalue weighted by Gasteiger charge is -2.31. The summed E-state index contributed by atoms with van der Waals surface area (Å²) in [6, 6.07) is 0.477. The van der Waals surface area contributed by atoms with Gasteiger partial charge in [0.05, 0.1) is 6.33 Å². The maximum absolute atomic E-state index is 12.5. The molecule has 1 N–H and O–H groups in total. The SMILES string of the molecule is CCn1cnc(S(=O)(=O)N2CCC(CNC(C)C)CC2)c1. The van der Waals surface area contributed by atoms with Crippen LogP contribution in [-0.4, -0.2) is 48.0 Å². The second kappa shape index (κ2) is 6.89. The van der Waals surface area contributed by atoms with Crippen molar-refractivity contribution in [1.82, 2.24) is 19.2 Å². The van der Waals surface area contributed by atoms with E-state index in [1.165, 1.54) is 0 Å². The molecule has 0 radical (unpaired) electrons. The van der Waals surface area contributed by atoms with Crippen LogP contribution in [0.2, 0.25) is 0 Å². The quantitative estimate of drug-likeness (QED) is 0.859. The van der Waals surface area contributed by atoms with Crippen molar-refractivity contribution in [3.8, 4) is 0 Å². The summed E-state index contributed by atoms with van der Waals surface area (Å²) in [7, 11) is -3.43. The molecule has 1 aliphatic heterocycles. The molecule has 120 valence electrons. The van der Waals surface area contributed by atoms with Gasteiger partial charge in [0.1, 0.15) is 0 Å². The molecule has 0 aliphatic carbocycles. The van der Waals surface area contributed by atoms with E-state index in [9.17, 15) is 8.42 Å². The summed E-state index contributed by atoms with van der Waals surface area (Å²) < 4.78 is 28.4. The van der Waals surface area contributed by atoms with Crippen molar-refractivity contribution in [1.29, 1.82) is 0 Å². The molecular formula is C14H26N4O2S. The number of piperidine rings is 1. The van der Waals surface area contributed by atoms with Crippen LogP contribution in [0.15, 0.2) is 17.6 Å². The standard InChI is InChI=1S/C14H26N4O2S/c1-4-17-10-14(16-11-17)21(19,20)18-7-5-13(6-8-18)9-15-12(2)3/h10-13,15H,4-9H2,1-3H3. The number of sulfonamides is 1. The van der Waals surface area contributed by atoms with E-state index in [-0.39, 0.29) is 5.03 Å². The predicted octanol–water partition coefficient (Wildman–Crippen LogP) is 1.30. The minimum Gasteiger partial charge on any atom is -0.336 e. The molecule has 7 heteroatoms. The number of aromatic nitrogens is 2. The Labute approximate surface area is 127 Å². The summed E-state index contributed by atoms with van der Waals surface area (Å²) in [5, 5.41) is 3.60. The van der Waals surface area contributed by atoms with Crippen LogP contribution >= 0.6 is 0 Å². The predicted molar refractivity (Wildman–Crippen MR) is 82.5 cm³/mol. The van der Waals surface area contributed by atoms with Gasteiger partial charge in [-0.2, -0.15) is 4.31 Å². The molecule has 1 saturated heterocycles. The van der Waals surface area contributed by atoms with Gasteiger partial charge < -0.3 is 9.88 Å². The highest BCUT2D eigenvalue weighted by atomic mass is 32.2. The molecule has 2 rings (SSSR count). The van der Waals surface area contributed by atoms with Crippen molar-refractivity contribution in [2.45, 2.75) is 51.2 Å². The highest BCUT2D eigenvalue weighted by molar-refractivity contribution is 7.89. The Morgan fingerprint density at radius 1 is 1.38 bits per heavy atom. The van der Waals surface area contributed by atoms with Crippen molar-refractivity contribution >= 4 is 10.0 Å². The average Bonchev–Trinajstić information content (AvgIpc) is 2.95. The molecule has 1 aromatic heterocycles. The van der Waals surface area contributed by atoms with E-state index in [1.807, 2.05) is 6.92 Å². The molecule has 21 heavy (non-hydrogen) atoms. The summed E-state index contributed by atoms with van der Waals surface area (Å²) in [6.07, 6.45) is 5.01. The fraction of sp³-hybridized carbons (Fsp3) is 0.786. The largest absolute Gasteiger partial charge is 0.336 e. The monoisotopic (exact) mass is 314 g/mol. The van der Waals surface area contributed by atoms with Crippen LogP contribution in [0.3, 0.4) is 0 Å². The molecule has 0 atom stereocenters. The third kappa shape index (κ3) is 4.05. The average molecular weight is 314 g/mol. The van der Waals surface area contributed by atoms with E-state index in [0.717, 1.165) is 25.9 Å². The van der Waals surface area contributed by atoms with Crippen LogP contribution in [0.4, 0.5) is 0 Å². The number of rotatable bonds is 6. The zero-order valence-electron chi connectivity index (χ0n) is 13.1. The van der Waals surface area contributed by atoms with E-state index in [1.54, 1.807) is 21.4 Å². The van der Waals surface area contributed by atoms with E-state index in [0.29, 0.717) is 25.0 Å². The van der Waals surface area contributed by atoms with Crippen LogP contribution < -0.4 is 5.32 Å². The second-order valence-corrected chi connectivity index (χ2v) is 7.84. The molecule has 0 amide bonds. The summed E-state index contributed by atoms with van der Waals surface area (Å²) in [4.78, 5) is 4.03. The third-order valence-corrected chi connectivity index (χ3v) is 5.75. The maximum atomic E-state index is 12.5. The summed E-state index contributed by atoms with van der Waals surface area (Å²) in [6.45, 7) is 9.09. The zero-order chi connectivity index (χ0) is 15.5. The Morgan fingerprint density at radius 3 is 2.57 bits per heavy atom. The number of hydrogen-bond acceptors (Lipinski definition) is 4. The molecule has 0 saturated carbocycles. The molecule has 1 aromatic rings. The van der Waals surface area contributed by atoms with Gasteiger partial charge in [0.15, 0.2) is 5.03 Å². The fourth-order valence-electron chi connectivity index (χ4n) is 2.53. The van der Waals surface area contributed by atoms with Crippen LogP contribution in [-0.2, 0) is 16.6 Å². The maximum Gasteiger partial charge on any atom is 0.262 e. The first-order chi connectivity index (χ1) is 9.93. The van der Waals surface area contributed by atoms with Crippen LogP contribution in [0, 0.1) is 5.92 Å². The molecular weight excluding hydrogens is 288 g/mol. The molecule has 1 fully saturated rings. The first-order valence-electron chi connectivity index (χ1n) is 7.68. The van der Waals surface area contributed by atoms with Crippen LogP contribution in [0.5, 0.6) is 0 Å². The van der Waals surface area contributed by atoms with Gasteiger partial charge in [0.2, 0.25) is 0 Å². The Balaban J connectivity index is 1.94. The Bertz CT molecular complexity index is 545. The number of hydrogen-bond donors (Lipinski definition) is 1. The van der Waals surface area contributed by atoms with E-state index in [2.05, 4.69) is 24.1 Å². The normalized spacial score (nSPS) is 18.5. The van der Waals surface area contributed by atoms with Gasteiger partial charge in [-0.15, -0.1) is 0 Å². The Morgan fingerprint density at radius 2 is 2.05 bits per heavy atom. The van der Waals surface area contributed by atoms with Crippen LogP contribution in [0.1, 0.15) is 33.6 Å². The number of aryl methyl sites for hydroxylation is 1. The fourth-order valence-corrected chi connectivity index (χ4v) is 3.94. The molecule has 0 spiro atoms. The molecule has 6 nitrogen and oxygen atoms in total. The van der Waals surface area contributed by atoms with Gasteiger partial charge in [-0.05, 0) is 32.2 Å². The van der Waals surface area contributed by atoms with E-state index < -0.39 is 10.0 Å². The van der Waals surface area contributed by atoms with E-state index >= 15 is 0 Å². The topological polar surface area (TPSA) is 67.2 Å². The summed E-state index contributed by atoms with van der Waals surface area (Å²) in [5.74, 6) is 0.562. The van der Waals surface area contributed by atoms with Gasteiger partial charge >= 0.3 is 0 Å². The first kappa shape index (κ1) is 16.5. The number of nitrogens with zero attached hydrogens (tertiary/aromatic N) is 3. The zero-order valence-corrected chi connectivity index (χ0v) is 13.9.